The van der Waals surface area contributed by atoms with E-state index in [1.807, 2.05) is 19.2 Å². The van der Waals surface area contributed by atoms with Gasteiger partial charge in [0.1, 0.15) is 5.76 Å². The van der Waals surface area contributed by atoms with Gasteiger partial charge in [-0.15, -0.1) is 24.0 Å². The van der Waals surface area contributed by atoms with Crippen LogP contribution >= 0.6 is 24.0 Å². The lowest BCUT2D eigenvalue weighted by molar-refractivity contribution is 0.315. The molecule has 2 N–H and O–H groups in total. The molecule has 0 aliphatic heterocycles. The van der Waals surface area contributed by atoms with Crippen molar-refractivity contribution in [3.05, 3.63) is 24.2 Å². The van der Waals surface area contributed by atoms with Gasteiger partial charge in [0.15, 0.2) is 5.96 Å². The lowest BCUT2D eigenvalue weighted by Crippen LogP contribution is -2.38. The molecule has 0 radical (unpaired) electrons. The summed E-state index contributed by atoms with van der Waals surface area (Å²) in [5.74, 6) is 4.80. The van der Waals surface area contributed by atoms with Crippen molar-refractivity contribution in [3.8, 4) is 0 Å². The Balaban J connectivity index is 0.00000161. The van der Waals surface area contributed by atoms with Crippen LogP contribution in [0.1, 0.15) is 37.9 Å². The van der Waals surface area contributed by atoms with Crippen LogP contribution in [0, 0.1) is 17.8 Å². The zero-order valence-electron chi connectivity index (χ0n) is 12.7. The average molecular weight is 403 g/mol. The van der Waals surface area contributed by atoms with E-state index in [-0.39, 0.29) is 24.0 Å². The third kappa shape index (κ3) is 4.37. The third-order valence-corrected chi connectivity index (χ3v) is 4.93. The predicted octanol–water partition coefficient (Wildman–Crippen LogP) is 3.39. The molecule has 2 bridgehead atoms. The molecule has 1 aromatic rings. The highest BCUT2D eigenvalue weighted by Gasteiger charge is 2.38. The van der Waals surface area contributed by atoms with Gasteiger partial charge < -0.3 is 15.1 Å². The molecule has 1 aromatic heterocycles. The van der Waals surface area contributed by atoms with E-state index in [9.17, 15) is 0 Å². The van der Waals surface area contributed by atoms with Crippen molar-refractivity contribution in [2.45, 2.75) is 38.6 Å². The van der Waals surface area contributed by atoms with Gasteiger partial charge in [0, 0.05) is 13.6 Å². The van der Waals surface area contributed by atoms with Crippen LogP contribution in [0.3, 0.4) is 0 Å². The lowest BCUT2D eigenvalue weighted by Gasteiger charge is -2.22. The van der Waals surface area contributed by atoms with Gasteiger partial charge in [-0.3, -0.25) is 4.99 Å². The smallest absolute Gasteiger partial charge is 0.191 e. The normalized spacial score (nSPS) is 27.5. The quantitative estimate of drug-likeness (QED) is 0.450. The minimum Gasteiger partial charge on any atom is -0.467 e. The molecule has 2 aliphatic rings. The number of aliphatic imine (C=N–C) groups is 1. The number of guanidine groups is 1. The minimum atomic E-state index is 0. The second-order valence-electron chi connectivity index (χ2n) is 6.16. The Morgan fingerprint density at radius 2 is 2.24 bits per heavy atom. The highest BCUT2D eigenvalue weighted by atomic mass is 127. The summed E-state index contributed by atoms with van der Waals surface area (Å²) >= 11 is 0. The minimum absolute atomic E-state index is 0. The summed E-state index contributed by atoms with van der Waals surface area (Å²) in [5.41, 5.74) is 0. The number of furan rings is 1. The van der Waals surface area contributed by atoms with Crippen LogP contribution in [0.25, 0.3) is 0 Å². The largest absolute Gasteiger partial charge is 0.467 e. The summed E-state index contributed by atoms with van der Waals surface area (Å²) in [7, 11) is 1.81. The summed E-state index contributed by atoms with van der Waals surface area (Å²) in [6, 6.07) is 3.87. The summed E-state index contributed by atoms with van der Waals surface area (Å²) in [4.78, 5) is 4.25. The first-order chi connectivity index (χ1) is 9.85. The monoisotopic (exact) mass is 403 g/mol. The van der Waals surface area contributed by atoms with Crippen molar-refractivity contribution < 1.29 is 4.42 Å². The zero-order valence-corrected chi connectivity index (χ0v) is 15.0. The van der Waals surface area contributed by atoms with Crippen molar-refractivity contribution in [2.75, 3.05) is 13.6 Å². The molecule has 2 saturated carbocycles. The second-order valence-corrected chi connectivity index (χ2v) is 6.16. The van der Waals surface area contributed by atoms with E-state index in [0.29, 0.717) is 6.54 Å². The molecule has 0 spiro atoms. The Kier molecular flexibility index (Phi) is 6.39. The number of rotatable bonds is 5. The predicted molar refractivity (Wildman–Crippen MR) is 95.9 cm³/mol. The maximum Gasteiger partial charge on any atom is 0.191 e. The number of halogens is 1. The first-order valence-electron chi connectivity index (χ1n) is 7.82. The molecule has 0 amide bonds. The fraction of sp³-hybridized carbons (Fsp3) is 0.688. The van der Waals surface area contributed by atoms with E-state index in [0.717, 1.165) is 36.0 Å². The van der Waals surface area contributed by atoms with Gasteiger partial charge in [0.25, 0.3) is 0 Å². The maximum absolute atomic E-state index is 5.30. The van der Waals surface area contributed by atoms with Crippen molar-refractivity contribution in [2.24, 2.45) is 22.7 Å². The molecule has 0 saturated heterocycles. The van der Waals surface area contributed by atoms with Crippen LogP contribution in [-0.2, 0) is 6.54 Å². The van der Waals surface area contributed by atoms with E-state index >= 15 is 0 Å². The molecule has 21 heavy (non-hydrogen) atoms. The SMILES string of the molecule is CN=C(NCCC1CC2CCC1C2)NCc1ccco1.I. The third-order valence-electron chi connectivity index (χ3n) is 4.93. The van der Waals surface area contributed by atoms with E-state index in [1.165, 1.54) is 32.1 Å². The number of nitrogens with one attached hydrogen (secondary N) is 2. The second kappa shape index (κ2) is 8.06. The van der Waals surface area contributed by atoms with Crippen LogP contribution < -0.4 is 10.6 Å². The van der Waals surface area contributed by atoms with Crippen molar-refractivity contribution in [1.82, 2.24) is 10.6 Å². The maximum atomic E-state index is 5.30. The van der Waals surface area contributed by atoms with Crippen LogP contribution in [0.4, 0.5) is 0 Å². The highest BCUT2D eigenvalue weighted by molar-refractivity contribution is 14.0. The Hall–Kier alpha value is -0.720. The first-order valence-corrected chi connectivity index (χ1v) is 7.82. The number of nitrogens with zero attached hydrogens (tertiary/aromatic N) is 1. The first kappa shape index (κ1) is 16.6. The van der Waals surface area contributed by atoms with Crippen molar-refractivity contribution in [3.63, 3.8) is 0 Å². The number of hydrogen-bond acceptors (Lipinski definition) is 2. The van der Waals surface area contributed by atoms with Crippen molar-refractivity contribution in [1.29, 1.82) is 0 Å². The van der Waals surface area contributed by atoms with E-state index in [1.54, 1.807) is 6.26 Å². The topological polar surface area (TPSA) is 49.6 Å². The average Bonchev–Trinajstić information content (AvgIpc) is 3.19. The fourth-order valence-electron chi connectivity index (χ4n) is 3.91. The summed E-state index contributed by atoms with van der Waals surface area (Å²) < 4.78 is 5.30. The van der Waals surface area contributed by atoms with Crippen LogP contribution in [0.15, 0.2) is 27.8 Å². The van der Waals surface area contributed by atoms with Crippen molar-refractivity contribution >= 4 is 29.9 Å². The molecule has 1 heterocycles. The summed E-state index contributed by atoms with van der Waals surface area (Å²) in [5, 5.41) is 6.69. The van der Waals surface area contributed by atoms with Gasteiger partial charge in [-0.2, -0.15) is 0 Å². The molecule has 5 heteroatoms. The Labute approximate surface area is 144 Å². The molecule has 118 valence electrons. The molecule has 3 atom stereocenters. The number of hydrogen-bond donors (Lipinski definition) is 2. The van der Waals surface area contributed by atoms with E-state index in [4.69, 9.17) is 4.42 Å². The molecular weight excluding hydrogens is 377 g/mol. The molecule has 3 rings (SSSR count). The Morgan fingerprint density at radius 1 is 1.33 bits per heavy atom. The van der Waals surface area contributed by atoms with E-state index < -0.39 is 0 Å². The van der Waals surface area contributed by atoms with Gasteiger partial charge in [-0.25, -0.2) is 0 Å². The van der Waals surface area contributed by atoms with E-state index in [2.05, 4.69) is 15.6 Å². The van der Waals surface area contributed by atoms with Crippen LogP contribution in [0.2, 0.25) is 0 Å². The fourth-order valence-corrected chi connectivity index (χ4v) is 3.91. The molecular formula is C16H26IN3O. The van der Waals surface area contributed by atoms with Gasteiger partial charge in [0.05, 0.1) is 12.8 Å². The molecule has 3 unspecified atom stereocenters. The number of fused-ring (bicyclic) bond motifs is 2. The summed E-state index contributed by atoms with van der Waals surface area (Å²) in [6.45, 7) is 1.70. The standard InChI is InChI=1S/C16H25N3O.HI/c1-17-16(19-11-15-3-2-8-20-15)18-7-6-14-10-12-4-5-13(14)9-12;/h2-3,8,12-14H,4-7,9-11H2,1H3,(H2,17,18,19);1H. The Bertz CT molecular complexity index is 446. The zero-order chi connectivity index (χ0) is 13.8. The van der Waals surface area contributed by atoms with Gasteiger partial charge >= 0.3 is 0 Å². The lowest BCUT2D eigenvalue weighted by atomic mass is 9.86. The van der Waals surface area contributed by atoms with Gasteiger partial charge in [-0.1, -0.05) is 6.42 Å². The highest BCUT2D eigenvalue weighted by Crippen LogP contribution is 2.49. The molecule has 2 fully saturated rings. The molecule has 0 aromatic carbocycles. The molecule has 2 aliphatic carbocycles. The van der Waals surface area contributed by atoms with Gasteiger partial charge in [0.2, 0.25) is 0 Å². The summed E-state index contributed by atoms with van der Waals surface area (Å²) in [6.07, 6.45) is 8.90. The molecule has 4 nitrogen and oxygen atoms in total. The Morgan fingerprint density at radius 3 is 2.86 bits per heavy atom. The van der Waals surface area contributed by atoms with Gasteiger partial charge in [-0.05, 0) is 55.6 Å². The van der Waals surface area contributed by atoms with Crippen LogP contribution in [0.5, 0.6) is 0 Å². The van der Waals surface area contributed by atoms with Crippen LogP contribution in [-0.4, -0.2) is 19.6 Å².